The van der Waals surface area contributed by atoms with Gasteiger partial charge in [-0.3, -0.25) is 0 Å². The molecule has 0 radical (unpaired) electrons. The minimum Gasteiger partial charge on any atom is -0.489 e. The molecule has 7 heteroatoms. The minimum atomic E-state index is -0.291. The van der Waals surface area contributed by atoms with Gasteiger partial charge in [-0.05, 0) is 53.6 Å². The molecule has 0 spiro atoms. The first-order chi connectivity index (χ1) is 11.5. The van der Waals surface area contributed by atoms with Crippen LogP contribution in [-0.2, 0) is 13.7 Å². The van der Waals surface area contributed by atoms with E-state index in [1.165, 1.54) is 9.36 Å². The Balaban J connectivity index is 1.98. The Morgan fingerprint density at radius 3 is 2.62 bits per heavy atom. The molecule has 0 N–H and O–H groups in total. The maximum Gasteiger partial charge on any atom is 0.368 e. The molecule has 0 aliphatic rings. The number of aryl methyl sites for hydroxylation is 3. The SMILES string of the molecule is Cc1ccc(Br)cc1OCc1c(C)cccc1-n1nnn(C)c1=O. The lowest BCUT2D eigenvalue weighted by Gasteiger charge is -2.14. The molecule has 0 bridgehead atoms. The Labute approximate surface area is 147 Å². The van der Waals surface area contributed by atoms with E-state index in [1.54, 1.807) is 7.05 Å². The molecule has 3 rings (SSSR count). The van der Waals surface area contributed by atoms with E-state index >= 15 is 0 Å². The van der Waals surface area contributed by atoms with Gasteiger partial charge in [-0.1, -0.05) is 34.1 Å². The summed E-state index contributed by atoms with van der Waals surface area (Å²) in [4.78, 5) is 12.2. The molecular weight excluding hydrogens is 372 g/mol. The van der Waals surface area contributed by atoms with Crippen LogP contribution >= 0.6 is 15.9 Å². The summed E-state index contributed by atoms with van der Waals surface area (Å²) in [7, 11) is 1.57. The van der Waals surface area contributed by atoms with Gasteiger partial charge in [0.05, 0.1) is 5.69 Å². The fourth-order valence-corrected chi connectivity index (χ4v) is 2.76. The van der Waals surface area contributed by atoms with Crippen molar-refractivity contribution in [2.24, 2.45) is 7.05 Å². The first-order valence-electron chi connectivity index (χ1n) is 7.44. The van der Waals surface area contributed by atoms with Crippen LogP contribution < -0.4 is 10.4 Å². The highest BCUT2D eigenvalue weighted by atomic mass is 79.9. The van der Waals surface area contributed by atoms with Gasteiger partial charge in [-0.15, -0.1) is 0 Å². The van der Waals surface area contributed by atoms with Crippen LogP contribution in [0.2, 0.25) is 0 Å². The summed E-state index contributed by atoms with van der Waals surface area (Å²) in [5, 5.41) is 7.71. The molecule has 0 aliphatic carbocycles. The molecule has 6 nitrogen and oxygen atoms in total. The second-order valence-corrected chi connectivity index (χ2v) is 6.48. The molecule has 24 heavy (non-hydrogen) atoms. The van der Waals surface area contributed by atoms with E-state index in [1.807, 2.05) is 50.2 Å². The molecule has 0 fully saturated rings. The number of rotatable bonds is 4. The van der Waals surface area contributed by atoms with Crippen molar-refractivity contribution in [3.63, 3.8) is 0 Å². The van der Waals surface area contributed by atoms with Crippen molar-refractivity contribution in [3.8, 4) is 11.4 Å². The van der Waals surface area contributed by atoms with Gasteiger partial charge in [0.15, 0.2) is 0 Å². The first-order valence-corrected chi connectivity index (χ1v) is 8.23. The number of aromatic nitrogens is 4. The largest absolute Gasteiger partial charge is 0.489 e. The van der Waals surface area contributed by atoms with Crippen molar-refractivity contribution in [1.29, 1.82) is 0 Å². The van der Waals surface area contributed by atoms with E-state index in [0.29, 0.717) is 12.3 Å². The van der Waals surface area contributed by atoms with Crippen LogP contribution in [-0.4, -0.2) is 19.8 Å². The summed E-state index contributed by atoms with van der Waals surface area (Å²) in [6.07, 6.45) is 0. The minimum absolute atomic E-state index is 0.291. The highest BCUT2D eigenvalue weighted by Crippen LogP contribution is 2.25. The van der Waals surface area contributed by atoms with Crippen molar-refractivity contribution in [2.75, 3.05) is 0 Å². The Hall–Kier alpha value is -2.41. The molecule has 2 aromatic carbocycles. The number of benzene rings is 2. The van der Waals surface area contributed by atoms with Crippen LogP contribution in [0.4, 0.5) is 0 Å². The number of hydrogen-bond acceptors (Lipinski definition) is 4. The third-order valence-corrected chi connectivity index (χ3v) is 4.35. The number of tetrazole rings is 1. The topological polar surface area (TPSA) is 61.9 Å². The van der Waals surface area contributed by atoms with Crippen LogP contribution in [0.25, 0.3) is 5.69 Å². The van der Waals surface area contributed by atoms with Gasteiger partial charge in [-0.25, -0.2) is 4.79 Å². The van der Waals surface area contributed by atoms with E-state index in [9.17, 15) is 4.79 Å². The third kappa shape index (κ3) is 3.12. The smallest absolute Gasteiger partial charge is 0.368 e. The zero-order valence-electron chi connectivity index (χ0n) is 13.7. The normalized spacial score (nSPS) is 10.8. The quantitative estimate of drug-likeness (QED) is 0.689. The van der Waals surface area contributed by atoms with E-state index in [4.69, 9.17) is 4.74 Å². The van der Waals surface area contributed by atoms with E-state index in [0.717, 1.165) is 26.9 Å². The molecule has 0 unspecified atom stereocenters. The molecule has 1 aromatic heterocycles. The number of halogens is 1. The van der Waals surface area contributed by atoms with E-state index in [2.05, 4.69) is 26.4 Å². The summed E-state index contributed by atoms with van der Waals surface area (Å²) < 4.78 is 9.44. The van der Waals surface area contributed by atoms with Crippen molar-refractivity contribution >= 4 is 15.9 Å². The van der Waals surface area contributed by atoms with Crippen molar-refractivity contribution in [3.05, 3.63) is 68.0 Å². The van der Waals surface area contributed by atoms with Gasteiger partial charge in [0.1, 0.15) is 12.4 Å². The lowest BCUT2D eigenvalue weighted by molar-refractivity contribution is 0.302. The maximum absolute atomic E-state index is 12.2. The average molecular weight is 389 g/mol. The maximum atomic E-state index is 12.2. The monoisotopic (exact) mass is 388 g/mol. The first kappa shape index (κ1) is 16.4. The third-order valence-electron chi connectivity index (χ3n) is 3.86. The lowest BCUT2D eigenvalue weighted by Crippen LogP contribution is -2.23. The molecule has 1 heterocycles. The van der Waals surface area contributed by atoms with Gasteiger partial charge in [0.25, 0.3) is 0 Å². The van der Waals surface area contributed by atoms with Crippen molar-refractivity contribution < 1.29 is 4.74 Å². The molecule has 0 amide bonds. The van der Waals surface area contributed by atoms with Crippen LogP contribution in [0.1, 0.15) is 16.7 Å². The van der Waals surface area contributed by atoms with Crippen molar-refractivity contribution in [1.82, 2.24) is 19.8 Å². The number of ether oxygens (including phenoxy) is 1. The Morgan fingerprint density at radius 1 is 1.12 bits per heavy atom. The molecular formula is C17H17BrN4O2. The summed E-state index contributed by atoms with van der Waals surface area (Å²) in [5.74, 6) is 0.796. The molecule has 0 atom stereocenters. The Morgan fingerprint density at radius 2 is 1.92 bits per heavy atom. The van der Waals surface area contributed by atoms with Crippen LogP contribution in [0.3, 0.4) is 0 Å². The molecule has 0 aliphatic heterocycles. The molecule has 0 saturated carbocycles. The fourth-order valence-electron chi connectivity index (χ4n) is 2.42. The van der Waals surface area contributed by atoms with E-state index < -0.39 is 0 Å². The van der Waals surface area contributed by atoms with Gasteiger partial charge < -0.3 is 4.74 Å². The van der Waals surface area contributed by atoms with Gasteiger partial charge in [0.2, 0.25) is 0 Å². The summed E-state index contributed by atoms with van der Waals surface area (Å²) in [6.45, 7) is 4.31. The number of nitrogens with zero attached hydrogens (tertiary/aromatic N) is 4. The van der Waals surface area contributed by atoms with Crippen LogP contribution in [0, 0.1) is 13.8 Å². The number of hydrogen-bond donors (Lipinski definition) is 0. The zero-order chi connectivity index (χ0) is 17.3. The summed E-state index contributed by atoms with van der Waals surface area (Å²) in [5.41, 5.74) is 3.36. The van der Waals surface area contributed by atoms with Crippen LogP contribution in [0.5, 0.6) is 5.75 Å². The highest BCUT2D eigenvalue weighted by molar-refractivity contribution is 9.10. The fraction of sp³-hybridized carbons (Fsp3) is 0.235. The second-order valence-electron chi connectivity index (χ2n) is 5.57. The predicted octanol–water partition coefficient (Wildman–Crippen LogP) is 2.92. The van der Waals surface area contributed by atoms with Gasteiger partial charge in [0, 0.05) is 17.1 Å². The lowest BCUT2D eigenvalue weighted by atomic mass is 10.1. The molecule has 0 saturated heterocycles. The zero-order valence-corrected chi connectivity index (χ0v) is 15.2. The Bertz CT molecular complexity index is 946. The summed E-state index contributed by atoms with van der Waals surface area (Å²) >= 11 is 3.45. The predicted molar refractivity (Wildman–Crippen MR) is 94.5 cm³/mol. The standard InChI is InChI=1S/C17H17BrN4O2/c1-11-5-4-6-15(22-17(23)21(3)19-20-22)14(11)10-24-16-9-13(18)8-7-12(16)2/h4-9H,10H2,1-3H3. The summed E-state index contributed by atoms with van der Waals surface area (Å²) in [6, 6.07) is 11.6. The highest BCUT2D eigenvalue weighted by Gasteiger charge is 2.14. The molecule has 124 valence electrons. The molecule has 3 aromatic rings. The Kier molecular flexibility index (Phi) is 4.53. The van der Waals surface area contributed by atoms with Crippen molar-refractivity contribution in [2.45, 2.75) is 20.5 Å². The average Bonchev–Trinajstić information content (AvgIpc) is 2.88. The van der Waals surface area contributed by atoms with Gasteiger partial charge >= 0.3 is 5.69 Å². The van der Waals surface area contributed by atoms with Crippen LogP contribution in [0.15, 0.2) is 45.7 Å². The van der Waals surface area contributed by atoms with E-state index in [-0.39, 0.29) is 5.69 Å². The second kappa shape index (κ2) is 6.60. The van der Waals surface area contributed by atoms with Gasteiger partial charge in [-0.2, -0.15) is 9.36 Å².